The summed E-state index contributed by atoms with van der Waals surface area (Å²) in [6, 6.07) is 4.06. The Kier molecular flexibility index (Phi) is 4.85. The summed E-state index contributed by atoms with van der Waals surface area (Å²) >= 11 is 5.75. The lowest BCUT2D eigenvalue weighted by Crippen LogP contribution is -2.41. The third-order valence-corrected chi connectivity index (χ3v) is 2.51. The van der Waals surface area contributed by atoms with Crippen LogP contribution >= 0.6 is 11.6 Å². The van der Waals surface area contributed by atoms with Gasteiger partial charge >= 0.3 is 0 Å². The zero-order chi connectivity index (χ0) is 14.6. The molecule has 6 nitrogen and oxygen atoms in total. The van der Waals surface area contributed by atoms with Crippen molar-refractivity contribution in [2.24, 2.45) is 0 Å². The van der Waals surface area contributed by atoms with E-state index < -0.39 is 4.92 Å². The number of carbonyl (C=O) groups is 1. The van der Waals surface area contributed by atoms with Crippen LogP contribution < -0.4 is 10.6 Å². The summed E-state index contributed by atoms with van der Waals surface area (Å²) < 4.78 is 0. The van der Waals surface area contributed by atoms with Crippen LogP contribution in [0.25, 0.3) is 0 Å². The molecule has 0 spiro atoms. The van der Waals surface area contributed by atoms with Gasteiger partial charge in [0, 0.05) is 17.3 Å². The van der Waals surface area contributed by atoms with Crippen LogP contribution in [0.4, 0.5) is 11.4 Å². The first-order valence-electron chi connectivity index (χ1n) is 5.68. The van der Waals surface area contributed by atoms with Crippen LogP contribution in [0.15, 0.2) is 18.2 Å². The molecule has 19 heavy (non-hydrogen) atoms. The van der Waals surface area contributed by atoms with Gasteiger partial charge in [-0.3, -0.25) is 14.9 Å². The van der Waals surface area contributed by atoms with Crippen LogP contribution in [0.3, 0.4) is 0 Å². The number of hydrogen-bond acceptors (Lipinski definition) is 4. The number of nitro benzene ring substituents is 1. The van der Waals surface area contributed by atoms with Crippen molar-refractivity contribution in [3.8, 4) is 0 Å². The number of carbonyl (C=O) groups excluding carboxylic acids is 1. The Bertz CT molecular complexity index is 497. The van der Waals surface area contributed by atoms with Crippen molar-refractivity contribution >= 4 is 28.9 Å². The molecule has 0 radical (unpaired) electrons. The van der Waals surface area contributed by atoms with Crippen molar-refractivity contribution < 1.29 is 9.72 Å². The highest BCUT2D eigenvalue weighted by molar-refractivity contribution is 6.33. The summed E-state index contributed by atoms with van der Waals surface area (Å²) in [5.74, 6) is -0.236. The van der Waals surface area contributed by atoms with Gasteiger partial charge < -0.3 is 10.6 Å². The Morgan fingerprint density at radius 2 is 2.05 bits per heavy atom. The van der Waals surface area contributed by atoms with Crippen LogP contribution in [0.1, 0.15) is 20.8 Å². The maximum atomic E-state index is 11.6. The number of amides is 1. The molecular weight excluding hydrogens is 270 g/mol. The average molecular weight is 286 g/mol. The highest BCUT2D eigenvalue weighted by Crippen LogP contribution is 2.27. The Balaban J connectivity index is 2.65. The predicted octanol–water partition coefficient (Wildman–Crippen LogP) is 2.57. The zero-order valence-corrected chi connectivity index (χ0v) is 11.7. The van der Waals surface area contributed by atoms with Crippen LogP contribution in [0.5, 0.6) is 0 Å². The SMILES string of the molecule is CC(C)(C)NCC(=O)Nc1ccc([N+](=O)[O-])c(Cl)c1. The molecule has 0 heterocycles. The van der Waals surface area contributed by atoms with E-state index in [9.17, 15) is 14.9 Å². The number of halogens is 1. The van der Waals surface area contributed by atoms with E-state index in [1.165, 1.54) is 18.2 Å². The second kappa shape index (κ2) is 5.99. The van der Waals surface area contributed by atoms with Crippen molar-refractivity contribution in [3.63, 3.8) is 0 Å². The van der Waals surface area contributed by atoms with Crippen molar-refractivity contribution in [1.82, 2.24) is 5.32 Å². The first-order chi connectivity index (χ1) is 8.69. The molecule has 0 saturated carbocycles. The summed E-state index contributed by atoms with van der Waals surface area (Å²) in [5.41, 5.74) is 0.0774. The fraction of sp³-hybridized carbons (Fsp3) is 0.417. The van der Waals surface area contributed by atoms with Gasteiger partial charge in [0.2, 0.25) is 5.91 Å². The normalized spacial score (nSPS) is 11.2. The second-order valence-electron chi connectivity index (χ2n) is 5.08. The van der Waals surface area contributed by atoms with E-state index in [0.29, 0.717) is 5.69 Å². The topological polar surface area (TPSA) is 84.3 Å². The van der Waals surface area contributed by atoms with Gasteiger partial charge in [0.1, 0.15) is 5.02 Å². The van der Waals surface area contributed by atoms with Gasteiger partial charge in [0.05, 0.1) is 11.5 Å². The van der Waals surface area contributed by atoms with Gasteiger partial charge in [0.25, 0.3) is 5.69 Å². The van der Waals surface area contributed by atoms with Crippen molar-refractivity contribution in [1.29, 1.82) is 0 Å². The first kappa shape index (κ1) is 15.4. The molecule has 0 aromatic heterocycles. The summed E-state index contributed by atoms with van der Waals surface area (Å²) in [6.07, 6.45) is 0. The molecule has 104 valence electrons. The minimum atomic E-state index is -0.574. The Hall–Kier alpha value is -1.66. The van der Waals surface area contributed by atoms with Gasteiger partial charge in [-0.1, -0.05) is 11.6 Å². The van der Waals surface area contributed by atoms with E-state index in [0.717, 1.165) is 0 Å². The highest BCUT2D eigenvalue weighted by Gasteiger charge is 2.14. The zero-order valence-electron chi connectivity index (χ0n) is 11.0. The van der Waals surface area contributed by atoms with E-state index in [1.807, 2.05) is 20.8 Å². The number of rotatable bonds is 4. The third kappa shape index (κ3) is 5.23. The summed E-state index contributed by atoms with van der Waals surface area (Å²) in [7, 11) is 0. The Morgan fingerprint density at radius 1 is 1.42 bits per heavy atom. The fourth-order valence-electron chi connectivity index (χ4n) is 1.28. The molecular formula is C12H16ClN3O3. The summed E-state index contributed by atoms with van der Waals surface area (Å²) in [5, 5.41) is 16.2. The van der Waals surface area contributed by atoms with Crippen LogP contribution in [-0.4, -0.2) is 22.9 Å². The summed E-state index contributed by atoms with van der Waals surface area (Å²) in [4.78, 5) is 21.7. The Labute approximate surface area is 116 Å². The maximum absolute atomic E-state index is 11.6. The third-order valence-electron chi connectivity index (χ3n) is 2.21. The van der Waals surface area contributed by atoms with E-state index in [4.69, 9.17) is 11.6 Å². The number of anilines is 1. The predicted molar refractivity (Wildman–Crippen MR) is 74.5 cm³/mol. The van der Waals surface area contributed by atoms with Crippen molar-refractivity contribution in [3.05, 3.63) is 33.3 Å². The second-order valence-corrected chi connectivity index (χ2v) is 5.48. The van der Waals surface area contributed by atoms with E-state index in [-0.39, 0.29) is 28.7 Å². The molecule has 1 aromatic rings. The number of benzene rings is 1. The van der Waals surface area contributed by atoms with Crippen molar-refractivity contribution in [2.45, 2.75) is 26.3 Å². The fourth-order valence-corrected chi connectivity index (χ4v) is 1.53. The lowest BCUT2D eigenvalue weighted by molar-refractivity contribution is -0.384. The monoisotopic (exact) mass is 285 g/mol. The molecule has 2 N–H and O–H groups in total. The first-order valence-corrected chi connectivity index (χ1v) is 6.05. The van der Waals surface area contributed by atoms with E-state index in [2.05, 4.69) is 10.6 Å². The van der Waals surface area contributed by atoms with Crippen molar-refractivity contribution in [2.75, 3.05) is 11.9 Å². The number of nitrogens with zero attached hydrogens (tertiary/aromatic N) is 1. The molecule has 0 aliphatic heterocycles. The quantitative estimate of drug-likeness (QED) is 0.658. The van der Waals surface area contributed by atoms with Crippen LogP contribution in [0.2, 0.25) is 5.02 Å². The minimum Gasteiger partial charge on any atom is -0.325 e. The molecule has 0 bridgehead atoms. The van der Waals surface area contributed by atoms with Gasteiger partial charge in [-0.05, 0) is 32.9 Å². The van der Waals surface area contributed by atoms with Gasteiger partial charge in [-0.25, -0.2) is 0 Å². The molecule has 0 saturated heterocycles. The lowest BCUT2D eigenvalue weighted by Gasteiger charge is -2.20. The van der Waals surface area contributed by atoms with E-state index >= 15 is 0 Å². The molecule has 1 amide bonds. The minimum absolute atomic E-state index is 0.00780. The molecule has 0 aliphatic rings. The van der Waals surface area contributed by atoms with Crippen LogP contribution in [0, 0.1) is 10.1 Å². The number of nitrogens with one attached hydrogen (secondary N) is 2. The maximum Gasteiger partial charge on any atom is 0.288 e. The number of nitro groups is 1. The smallest absolute Gasteiger partial charge is 0.288 e. The molecule has 7 heteroatoms. The molecule has 0 fully saturated rings. The lowest BCUT2D eigenvalue weighted by atomic mass is 10.1. The molecule has 0 unspecified atom stereocenters. The molecule has 1 aromatic carbocycles. The van der Waals surface area contributed by atoms with Crippen LogP contribution in [-0.2, 0) is 4.79 Å². The molecule has 0 aliphatic carbocycles. The van der Waals surface area contributed by atoms with E-state index in [1.54, 1.807) is 0 Å². The largest absolute Gasteiger partial charge is 0.325 e. The van der Waals surface area contributed by atoms with Gasteiger partial charge in [-0.15, -0.1) is 0 Å². The standard InChI is InChI=1S/C12H16ClN3O3/c1-12(2,3)14-7-11(17)15-8-4-5-10(16(18)19)9(13)6-8/h4-6,14H,7H2,1-3H3,(H,15,17). The molecule has 1 rings (SSSR count). The summed E-state index contributed by atoms with van der Waals surface area (Å²) in [6.45, 7) is 5.99. The highest BCUT2D eigenvalue weighted by atomic mass is 35.5. The average Bonchev–Trinajstić information content (AvgIpc) is 2.25. The Morgan fingerprint density at radius 3 is 2.53 bits per heavy atom. The van der Waals surface area contributed by atoms with Gasteiger partial charge in [-0.2, -0.15) is 0 Å². The number of hydrogen-bond donors (Lipinski definition) is 2. The molecule has 0 atom stereocenters. The van der Waals surface area contributed by atoms with Gasteiger partial charge in [0.15, 0.2) is 0 Å².